The number of nitrogens with zero attached hydrogens (tertiary/aromatic N) is 1. The number of hydrogen-bond acceptors (Lipinski definition) is 1. The van der Waals surface area contributed by atoms with E-state index < -0.39 is 0 Å². The Kier molecular flexibility index (Phi) is 3.32. The van der Waals surface area contributed by atoms with Gasteiger partial charge in [0.1, 0.15) is 0 Å². The number of aromatic nitrogens is 1. The van der Waals surface area contributed by atoms with Gasteiger partial charge in [-0.1, -0.05) is 66.7 Å². The van der Waals surface area contributed by atoms with E-state index >= 15 is 0 Å². The molecule has 0 spiro atoms. The van der Waals surface area contributed by atoms with Gasteiger partial charge >= 0.3 is 0 Å². The summed E-state index contributed by atoms with van der Waals surface area (Å²) >= 11 is 3.83. The Morgan fingerprint density at radius 1 is 0.560 bits per heavy atom. The number of rotatable bonds is 1. The van der Waals surface area contributed by atoms with E-state index in [9.17, 15) is 0 Å². The van der Waals surface area contributed by atoms with Crippen LogP contribution in [0.25, 0.3) is 43.6 Å². The average molecular weight is 384 g/mol. The fourth-order valence-electron chi connectivity index (χ4n) is 3.69. The zero-order valence-electron chi connectivity index (χ0n) is 13.4. The number of pyridine rings is 1. The fourth-order valence-corrected chi connectivity index (χ4v) is 4.38. The Morgan fingerprint density at radius 2 is 1.16 bits per heavy atom. The highest BCUT2D eigenvalue weighted by Crippen LogP contribution is 2.43. The van der Waals surface area contributed by atoms with Gasteiger partial charge in [-0.15, -0.1) is 0 Å². The normalized spacial score (nSPS) is 11.4. The van der Waals surface area contributed by atoms with Crippen molar-refractivity contribution in [2.24, 2.45) is 0 Å². The van der Waals surface area contributed by atoms with Crippen LogP contribution in [0.2, 0.25) is 0 Å². The molecule has 0 fully saturated rings. The van der Waals surface area contributed by atoms with Gasteiger partial charge < -0.3 is 0 Å². The summed E-state index contributed by atoms with van der Waals surface area (Å²) in [5.74, 6) is 0. The SMILES string of the molecule is Brc1c2ccccc2c(-c2cccc3ncccc23)c2ccccc12. The molecule has 5 rings (SSSR count). The van der Waals surface area contributed by atoms with Crippen molar-refractivity contribution in [1.29, 1.82) is 0 Å². The molecule has 0 amide bonds. The van der Waals surface area contributed by atoms with Crippen LogP contribution in [0, 0.1) is 0 Å². The molecule has 0 atom stereocenters. The monoisotopic (exact) mass is 383 g/mol. The molecule has 1 nitrogen and oxygen atoms in total. The van der Waals surface area contributed by atoms with Crippen molar-refractivity contribution in [3.8, 4) is 11.1 Å². The lowest BCUT2D eigenvalue weighted by Gasteiger charge is -2.15. The minimum Gasteiger partial charge on any atom is -0.256 e. The van der Waals surface area contributed by atoms with Crippen molar-refractivity contribution in [2.45, 2.75) is 0 Å². The van der Waals surface area contributed by atoms with Crippen molar-refractivity contribution >= 4 is 48.4 Å². The topological polar surface area (TPSA) is 12.9 Å². The Balaban J connectivity index is 2.06. The molecule has 0 aliphatic heterocycles. The van der Waals surface area contributed by atoms with Crippen LogP contribution in [-0.4, -0.2) is 4.98 Å². The first-order valence-corrected chi connectivity index (χ1v) is 9.07. The Morgan fingerprint density at radius 3 is 1.84 bits per heavy atom. The minimum absolute atomic E-state index is 1.02. The van der Waals surface area contributed by atoms with E-state index in [0.29, 0.717) is 0 Å². The second kappa shape index (κ2) is 5.68. The van der Waals surface area contributed by atoms with Gasteiger partial charge in [0.25, 0.3) is 0 Å². The molecular formula is C23H14BrN. The largest absolute Gasteiger partial charge is 0.256 e. The molecule has 25 heavy (non-hydrogen) atoms. The maximum atomic E-state index is 4.54. The molecule has 0 saturated carbocycles. The maximum absolute atomic E-state index is 4.54. The lowest BCUT2D eigenvalue weighted by atomic mass is 9.90. The first-order chi connectivity index (χ1) is 12.3. The number of fused-ring (bicyclic) bond motifs is 3. The number of halogens is 1. The predicted molar refractivity (Wildman–Crippen MR) is 110 cm³/mol. The molecule has 5 aromatic rings. The molecule has 0 N–H and O–H groups in total. The third kappa shape index (κ3) is 2.18. The molecule has 118 valence electrons. The van der Waals surface area contributed by atoms with E-state index in [2.05, 4.69) is 93.7 Å². The fraction of sp³-hybridized carbons (Fsp3) is 0. The lowest BCUT2D eigenvalue weighted by Crippen LogP contribution is -1.89. The highest BCUT2D eigenvalue weighted by atomic mass is 79.9. The molecule has 4 aromatic carbocycles. The highest BCUT2D eigenvalue weighted by molar-refractivity contribution is 9.10. The first-order valence-electron chi connectivity index (χ1n) is 8.27. The van der Waals surface area contributed by atoms with E-state index in [1.54, 1.807) is 0 Å². The summed E-state index contributed by atoms with van der Waals surface area (Å²) in [7, 11) is 0. The summed E-state index contributed by atoms with van der Waals surface area (Å²) in [6, 6.07) is 27.7. The van der Waals surface area contributed by atoms with E-state index in [4.69, 9.17) is 0 Å². The zero-order chi connectivity index (χ0) is 16.8. The number of hydrogen-bond donors (Lipinski definition) is 0. The van der Waals surface area contributed by atoms with Gasteiger partial charge in [0.2, 0.25) is 0 Å². The molecule has 0 saturated heterocycles. The van der Waals surface area contributed by atoms with Gasteiger partial charge in [0, 0.05) is 16.1 Å². The summed E-state index contributed by atoms with van der Waals surface area (Å²) in [6.07, 6.45) is 1.85. The molecule has 0 unspecified atom stereocenters. The van der Waals surface area contributed by atoms with Crippen LogP contribution < -0.4 is 0 Å². The van der Waals surface area contributed by atoms with Crippen LogP contribution in [-0.2, 0) is 0 Å². The van der Waals surface area contributed by atoms with Gasteiger partial charge in [-0.2, -0.15) is 0 Å². The molecule has 2 heteroatoms. The van der Waals surface area contributed by atoms with Crippen LogP contribution in [0.15, 0.2) is 89.5 Å². The van der Waals surface area contributed by atoms with E-state index in [-0.39, 0.29) is 0 Å². The second-order valence-electron chi connectivity index (χ2n) is 6.16. The maximum Gasteiger partial charge on any atom is 0.0708 e. The summed E-state index contributed by atoms with van der Waals surface area (Å²) in [5, 5.41) is 6.16. The first kappa shape index (κ1) is 14.6. The summed E-state index contributed by atoms with van der Waals surface area (Å²) in [4.78, 5) is 4.54. The summed E-state index contributed by atoms with van der Waals surface area (Å²) < 4.78 is 1.15. The van der Waals surface area contributed by atoms with Crippen molar-refractivity contribution in [1.82, 2.24) is 4.98 Å². The van der Waals surface area contributed by atoms with Crippen molar-refractivity contribution < 1.29 is 0 Å². The van der Waals surface area contributed by atoms with Gasteiger partial charge in [-0.25, -0.2) is 0 Å². The average Bonchev–Trinajstić information content (AvgIpc) is 2.68. The Hall–Kier alpha value is -2.71. The third-order valence-corrected chi connectivity index (χ3v) is 5.64. The second-order valence-corrected chi connectivity index (χ2v) is 6.95. The Bertz CT molecular complexity index is 1190. The summed E-state index contributed by atoms with van der Waals surface area (Å²) in [6.45, 7) is 0. The van der Waals surface area contributed by atoms with Gasteiger partial charge in [0.15, 0.2) is 0 Å². The van der Waals surface area contributed by atoms with E-state index in [1.807, 2.05) is 12.3 Å². The van der Waals surface area contributed by atoms with E-state index in [1.165, 1.54) is 38.1 Å². The van der Waals surface area contributed by atoms with E-state index in [0.717, 1.165) is 9.99 Å². The molecule has 0 aliphatic carbocycles. The molecule has 0 aliphatic rings. The highest BCUT2D eigenvalue weighted by Gasteiger charge is 2.15. The molecule has 0 radical (unpaired) electrons. The predicted octanol–water partition coefficient (Wildman–Crippen LogP) is 6.97. The molecule has 1 aromatic heterocycles. The van der Waals surface area contributed by atoms with Gasteiger partial charge in [-0.05, 0) is 60.7 Å². The number of benzene rings is 4. The Labute approximate surface area is 154 Å². The lowest BCUT2D eigenvalue weighted by molar-refractivity contribution is 1.41. The van der Waals surface area contributed by atoms with Crippen molar-refractivity contribution in [2.75, 3.05) is 0 Å². The molecular weight excluding hydrogens is 370 g/mol. The van der Waals surface area contributed by atoms with Crippen molar-refractivity contribution in [3.63, 3.8) is 0 Å². The van der Waals surface area contributed by atoms with Crippen LogP contribution in [0.1, 0.15) is 0 Å². The van der Waals surface area contributed by atoms with Crippen LogP contribution in [0.3, 0.4) is 0 Å². The summed E-state index contributed by atoms with van der Waals surface area (Å²) in [5.41, 5.74) is 3.52. The standard InChI is InChI=1S/C23H14BrN/c24-23-19-9-3-1-7-17(19)22(18-8-2-4-10-20(18)23)16-11-5-13-21-15(16)12-6-14-25-21/h1-14H. The van der Waals surface area contributed by atoms with Gasteiger partial charge in [-0.3, -0.25) is 4.98 Å². The molecule has 1 heterocycles. The smallest absolute Gasteiger partial charge is 0.0708 e. The zero-order valence-corrected chi connectivity index (χ0v) is 15.0. The third-order valence-electron chi connectivity index (χ3n) is 4.78. The minimum atomic E-state index is 1.02. The van der Waals surface area contributed by atoms with Crippen LogP contribution in [0.5, 0.6) is 0 Å². The molecule has 0 bridgehead atoms. The van der Waals surface area contributed by atoms with Crippen LogP contribution >= 0.6 is 15.9 Å². The van der Waals surface area contributed by atoms with Crippen LogP contribution in [0.4, 0.5) is 0 Å². The van der Waals surface area contributed by atoms with Gasteiger partial charge in [0.05, 0.1) is 5.52 Å². The quantitative estimate of drug-likeness (QED) is 0.284. The van der Waals surface area contributed by atoms with Crippen molar-refractivity contribution in [3.05, 3.63) is 89.5 Å².